The van der Waals surface area contributed by atoms with Crippen LogP contribution in [0, 0.1) is 0 Å². The molecule has 162 valence electrons. The fourth-order valence-corrected chi connectivity index (χ4v) is 4.56. The molecule has 1 saturated heterocycles. The Kier molecular flexibility index (Phi) is 4.79. The van der Waals surface area contributed by atoms with E-state index in [1.165, 1.54) is 0 Å². The summed E-state index contributed by atoms with van der Waals surface area (Å²) in [4.78, 5) is 24.2. The summed E-state index contributed by atoms with van der Waals surface area (Å²) in [6, 6.07) is 19.1. The standard InChI is InChI=1S/C26H21N5O2/c32-26(19-10-11-21-18(16-19)7-5-13-27-21)31-15-4-3-9-22(31)24-29-30-25(33-24)23-20-8-2-1-6-17(20)12-14-28-23/h1-2,5-8,10-14,16,22H,3-4,9,15H2/t22-/m0/s1. The summed E-state index contributed by atoms with van der Waals surface area (Å²) >= 11 is 0. The van der Waals surface area contributed by atoms with Gasteiger partial charge in [0.25, 0.3) is 11.8 Å². The van der Waals surface area contributed by atoms with Crippen LogP contribution in [-0.2, 0) is 0 Å². The molecule has 1 fully saturated rings. The summed E-state index contributed by atoms with van der Waals surface area (Å²) < 4.78 is 6.12. The molecule has 4 heterocycles. The van der Waals surface area contributed by atoms with Gasteiger partial charge in [0.1, 0.15) is 11.7 Å². The van der Waals surface area contributed by atoms with Crippen LogP contribution in [0.5, 0.6) is 0 Å². The summed E-state index contributed by atoms with van der Waals surface area (Å²) in [6.07, 6.45) is 6.23. The van der Waals surface area contributed by atoms with Gasteiger partial charge in [0.2, 0.25) is 5.89 Å². The van der Waals surface area contributed by atoms with Crippen LogP contribution in [0.1, 0.15) is 41.6 Å². The van der Waals surface area contributed by atoms with E-state index in [0.717, 1.165) is 40.9 Å². The highest BCUT2D eigenvalue weighted by molar-refractivity contribution is 5.98. The average molecular weight is 435 g/mol. The maximum absolute atomic E-state index is 13.5. The predicted molar refractivity (Wildman–Crippen MR) is 124 cm³/mol. The molecule has 0 unspecified atom stereocenters. The number of pyridine rings is 2. The monoisotopic (exact) mass is 435 g/mol. The molecule has 1 atom stereocenters. The van der Waals surface area contributed by atoms with Gasteiger partial charge in [0, 0.05) is 35.3 Å². The molecule has 3 aromatic heterocycles. The number of hydrogen-bond donors (Lipinski definition) is 0. The van der Waals surface area contributed by atoms with Crippen LogP contribution in [0.3, 0.4) is 0 Å². The van der Waals surface area contributed by atoms with Crippen LogP contribution in [0.15, 0.2) is 77.5 Å². The van der Waals surface area contributed by atoms with Crippen molar-refractivity contribution in [3.63, 3.8) is 0 Å². The Labute approximate surface area is 190 Å². The van der Waals surface area contributed by atoms with Crippen molar-refractivity contribution in [3.05, 3.63) is 84.5 Å². The molecule has 33 heavy (non-hydrogen) atoms. The molecule has 0 N–H and O–H groups in total. The van der Waals surface area contributed by atoms with Crippen molar-refractivity contribution in [1.29, 1.82) is 0 Å². The van der Waals surface area contributed by atoms with Gasteiger partial charge in [-0.1, -0.05) is 30.3 Å². The molecule has 0 aliphatic carbocycles. The first-order valence-corrected chi connectivity index (χ1v) is 11.1. The van der Waals surface area contributed by atoms with Crippen LogP contribution in [-0.4, -0.2) is 37.5 Å². The van der Waals surface area contributed by atoms with E-state index in [9.17, 15) is 4.79 Å². The Hall–Kier alpha value is -4.13. The fourth-order valence-electron chi connectivity index (χ4n) is 4.56. The van der Waals surface area contributed by atoms with Crippen molar-refractivity contribution < 1.29 is 9.21 Å². The average Bonchev–Trinajstić information content (AvgIpc) is 3.37. The molecule has 6 rings (SSSR count). The summed E-state index contributed by atoms with van der Waals surface area (Å²) in [5, 5.41) is 11.6. The van der Waals surface area contributed by atoms with E-state index in [-0.39, 0.29) is 11.9 Å². The smallest absolute Gasteiger partial charge is 0.267 e. The second kappa shape index (κ2) is 8.09. The maximum Gasteiger partial charge on any atom is 0.267 e. The number of fused-ring (bicyclic) bond motifs is 2. The van der Waals surface area contributed by atoms with Gasteiger partial charge in [-0.3, -0.25) is 14.8 Å². The van der Waals surface area contributed by atoms with Gasteiger partial charge in [-0.15, -0.1) is 10.2 Å². The lowest BCUT2D eigenvalue weighted by molar-refractivity contribution is 0.0572. The van der Waals surface area contributed by atoms with Crippen LogP contribution < -0.4 is 0 Å². The number of likely N-dealkylation sites (tertiary alicyclic amines) is 1. The van der Waals surface area contributed by atoms with Gasteiger partial charge >= 0.3 is 0 Å². The normalized spacial score (nSPS) is 16.4. The molecule has 0 saturated carbocycles. The van der Waals surface area contributed by atoms with Gasteiger partial charge in [-0.05, 0) is 55.0 Å². The molecule has 1 amide bonds. The van der Waals surface area contributed by atoms with E-state index in [2.05, 4.69) is 20.2 Å². The Bertz CT molecular complexity index is 1470. The Morgan fingerprint density at radius 3 is 2.79 bits per heavy atom. The van der Waals surface area contributed by atoms with E-state index in [1.807, 2.05) is 65.6 Å². The molecule has 0 spiro atoms. The number of rotatable bonds is 3. The van der Waals surface area contributed by atoms with Crippen LogP contribution >= 0.6 is 0 Å². The predicted octanol–water partition coefficient (Wildman–Crippen LogP) is 5.20. The number of piperidine rings is 1. The molecular weight excluding hydrogens is 414 g/mol. The third-order valence-corrected chi connectivity index (χ3v) is 6.22. The molecule has 5 aromatic rings. The van der Waals surface area contributed by atoms with E-state index < -0.39 is 0 Å². The molecule has 7 heteroatoms. The summed E-state index contributed by atoms with van der Waals surface area (Å²) in [5.74, 6) is 0.792. The van der Waals surface area contributed by atoms with Crippen molar-refractivity contribution >= 4 is 27.6 Å². The number of nitrogens with zero attached hydrogens (tertiary/aromatic N) is 5. The third-order valence-electron chi connectivity index (χ3n) is 6.22. The molecule has 1 aliphatic rings. The molecule has 1 aliphatic heterocycles. The van der Waals surface area contributed by atoms with Gasteiger partial charge < -0.3 is 9.32 Å². The summed E-state index contributed by atoms with van der Waals surface area (Å²) in [7, 11) is 0. The van der Waals surface area contributed by atoms with Crippen LogP contribution in [0.2, 0.25) is 0 Å². The van der Waals surface area contributed by atoms with Crippen molar-refractivity contribution in [2.45, 2.75) is 25.3 Å². The first-order valence-electron chi connectivity index (χ1n) is 11.1. The molecule has 7 nitrogen and oxygen atoms in total. The first kappa shape index (κ1) is 19.5. The minimum absolute atomic E-state index is 0.0338. The molecule has 0 bridgehead atoms. The van der Waals surface area contributed by atoms with E-state index in [1.54, 1.807) is 12.4 Å². The van der Waals surface area contributed by atoms with Gasteiger partial charge in [0.05, 0.1) is 5.52 Å². The maximum atomic E-state index is 13.5. The summed E-state index contributed by atoms with van der Waals surface area (Å²) in [5.41, 5.74) is 2.16. The van der Waals surface area contributed by atoms with Gasteiger partial charge in [-0.25, -0.2) is 0 Å². The third kappa shape index (κ3) is 3.51. The number of hydrogen-bond acceptors (Lipinski definition) is 6. The van der Waals surface area contributed by atoms with E-state index in [4.69, 9.17) is 4.42 Å². The number of aromatic nitrogens is 4. The minimum Gasteiger partial charge on any atom is -0.417 e. The summed E-state index contributed by atoms with van der Waals surface area (Å²) in [6.45, 7) is 0.652. The number of amides is 1. The van der Waals surface area contributed by atoms with Crippen molar-refractivity contribution in [2.75, 3.05) is 6.54 Å². The minimum atomic E-state index is -0.257. The van der Waals surface area contributed by atoms with E-state index >= 15 is 0 Å². The molecule has 2 aromatic carbocycles. The zero-order chi connectivity index (χ0) is 22.2. The van der Waals surface area contributed by atoms with Crippen molar-refractivity contribution in [2.24, 2.45) is 0 Å². The highest BCUT2D eigenvalue weighted by atomic mass is 16.4. The molecule has 0 radical (unpaired) electrons. The quantitative estimate of drug-likeness (QED) is 0.387. The Morgan fingerprint density at radius 2 is 1.82 bits per heavy atom. The van der Waals surface area contributed by atoms with Crippen molar-refractivity contribution in [3.8, 4) is 11.6 Å². The highest BCUT2D eigenvalue weighted by Gasteiger charge is 2.33. The lowest BCUT2D eigenvalue weighted by Gasteiger charge is -2.33. The van der Waals surface area contributed by atoms with Crippen LogP contribution in [0.4, 0.5) is 0 Å². The SMILES string of the molecule is O=C(c1ccc2ncccc2c1)N1CCCC[C@H]1c1nnc(-c2nccc3ccccc23)o1. The van der Waals surface area contributed by atoms with Gasteiger partial charge in [-0.2, -0.15) is 0 Å². The second-order valence-corrected chi connectivity index (χ2v) is 8.25. The lowest BCUT2D eigenvalue weighted by atomic mass is 10.00. The first-order chi connectivity index (χ1) is 16.3. The fraction of sp³-hybridized carbons (Fsp3) is 0.192. The number of carbonyl (C=O) groups excluding carboxylic acids is 1. The second-order valence-electron chi connectivity index (χ2n) is 8.25. The number of benzene rings is 2. The zero-order valence-electron chi connectivity index (χ0n) is 17.9. The van der Waals surface area contributed by atoms with E-state index in [0.29, 0.717) is 29.6 Å². The molecular formula is C26H21N5O2. The Morgan fingerprint density at radius 1 is 0.909 bits per heavy atom. The largest absolute Gasteiger partial charge is 0.417 e. The lowest BCUT2D eigenvalue weighted by Crippen LogP contribution is -2.38. The topological polar surface area (TPSA) is 85.0 Å². The number of carbonyl (C=O) groups is 1. The van der Waals surface area contributed by atoms with Gasteiger partial charge in [0.15, 0.2) is 0 Å². The zero-order valence-corrected chi connectivity index (χ0v) is 17.9. The van der Waals surface area contributed by atoms with Crippen LogP contribution in [0.25, 0.3) is 33.3 Å². The Balaban J connectivity index is 1.34. The van der Waals surface area contributed by atoms with Crippen molar-refractivity contribution in [1.82, 2.24) is 25.1 Å². The highest BCUT2D eigenvalue weighted by Crippen LogP contribution is 2.34.